The molecule has 67 heavy (non-hydrogen) atoms. The monoisotopic (exact) mass is 911 g/mol. The summed E-state index contributed by atoms with van der Waals surface area (Å²) >= 11 is 0. The second-order valence-electron chi connectivity index (χ2n) is 20.6. The normalized spacial score (nSPS) is 12.2. The van der Waals surface area contributed by atoms with Crippen LogP contribution >= 0.6 is 0 Å². The van der Waals surface area contributed by atoms with Crippen molar-refractivity contribution in [1.82, 2.24) is 10.6 Å². The van der Waals surface area contributed by atoms with Gasteiger partial charge in [0, 0.05) is 12.1 Å². The Morgan fingerprint density at radius 1 is 0.433 bits per heavy atom. The Hall–Kier alpha value is -3.92. The summed E-state index contributed by atoms with van der Waals surface area (Å²) in [7, 11) is 0. The molecule has 0 bridgehead atoms. The lowest BCUT2D eigenvalue weighted by Gasteiger charge is -2.20. The maximum Gasteiger partial charge on any atom is 0.251 e. The predicted octanol–water partition coefficient (Wildman–Crippen LogP) is 18.4. The summed E-state index contributed by atoms with van der Waals surface area (Å²) in [5, 5.41) is 13.7. The van der Waals surface area contributed by atoms with E-state index in [4.69, 9.17) is 0 Å². The van der Waals surface area contributed by atoms with Crippen molar-refractivity contribution in [2.45, 2.75) is 252 Å². The van der Waals surface area contributed by atoms with E-state index in [2.05, 4.69) is 98.1 Å². The van der Waals surface area contributed by atoms with E-state index in [1.165, 1.54) is 242 Å². The molecule has 0 saturated carbocycles. The van der Waals surface area contributed by atoms with Crippen molar-refractivity contribution < 1.29 is 9.59 Å². The number of nitrogens with one attached hydrogen (secondary N) is 2. The van der Waals surface area contributed by atoms with Crippen LogP contribution < -0.4 is 10.6 Å². The van der Waals surface area contributed by atoms with Gasteiger partial charge in [-0.05, 0) is 112 Å². The molecule has 0 heterocycles. The van der Waals surface area contributed by atoms with Gasteiger partial charge in [0.05, 0.1) is 0 Å². The molecule has 0 radical (unpaired) electrons. The van der Waals surface area contributed by atoms with Crippen LogP contribution in [0.3, 0.4) is 0 Å². The third-order valence-corrected chi connectivity index (χ3v) is 14.9. The molecule has 1 atom stereocenters. The van der Waals surface area contributed by atoms with Gasteiger partial charge in [0.2, 0.25) is 5.91 Å². The molecule has 5 rings (SSSR count). The van der Waals surface area contributed by atoms with E-state index in [1.807, 2.05) is 6.92 Å². The maximum absolute atomic E-state index is 14.3. The van der Waals surface area contributed by atoms with E-state index in [0.29, 0.717) is 6.54 Å². The molecular weight excluding hydrogens is 817 g/mol. The standard InChI is InChI=1S/C63H94N2O2/c1-5-8-11-14-17-20-23-26-29-32-36-54-47-57(48-55(37-33-30-27-24-21-18-15-12-9-6-2)58(54)40-34-31-28-25-22-19-16-13-10-7-3)63(67)65-50(4)62(66)64-49-56-44-43-53-42-41-51-38-35-39-52-45-46-59(56)61(53)60(51)52/h35,38-39,41-48,50H,5-34,36-37,40,49H2,1-4H3,(H,64,66)(H,65,67). The van der Waals surface area contributed by atoms with Crippen LogP contribution in [-0.4, -0.2) is 17.9 Å². The summed E-state index contributed by atoms with van der Waals surface area (Å²) in [5.74, 6) is -0.294. The second-order valence-corrected chi connectivity index (χ2v) is 20.6. The minimum Gasteiger partial charge on any atom is -0.350 e. The summed E-state index contributed by atoms with van der Waals surface area (Å²) in [6.45, 7) is 9.12. The molecule has 0 aromatic heterocycles. The molecule has 0 spiro atoms. The molecule has 0 aliphatic carbocycles. The molecule has 0 aliphatic heterocycles. The number of hydrogen-bond donors (Lipinski definition) is 2. The van der Waals surface area contributed by atoms with Gasteiger partial charge >= 0.3 is 0 Å². The molecule has 5 aromatic rings. The predicted molar refractivity (Wildman–Crippen MR) is 292 cm³/mol. The van der Waals surface area contributed by atoms with Crippen molar-refractivity contribution in [1.29, 1.82) is 0 Å². The number of carbonyl (C=O) groups excluding carboxylic acids is 2. The lowest BCUT2D eigenvalue weighted by atomic mass is 9.88. The van der Waals surface area contributed by atoms with Crippen LogP contribution in [0.25, 0.3) is 32.3 Å². The molecule has 4 heteroatoms. The SMILES string of the molecule is CCCCCCCCCCCCc1cc(C(=O)NC(C)C(=O)NCc2ccc3ccc4cccc5ccc2c3c45)cc(CCCCCCCCCCCC)c1CCCCCCCCCCCC. The summed E-state index contributed by atoms with van der Waals surface area (Å²) < 4.78 is 0. The van der Waals surface area contributed by atoms with Gasteiger partial charge in [-0.1, -0.05) is 249 Å². The van der Waals surface area contributed by atoms with Crippen molar-refractivity contribution in [2.75, 3.05) is 0 Å². The van der Waals surface area contributed by atoms with Crippen LogP contribution in [0.4, 0.5) is 0 Å². The number of carbonyl (C=O) groups is 2. The second kappa shape index (κ2) is 32.0. The van der Waals surface area contributed by atoms with Gasteiger partial charge in [-0.3, -0.25) is 9.59 Å². The van der Waals surface area contributed by atoms with E-state index in [-0.39, 0.29) is 11.8 Å². The lowest BCUT2D eigenvalue weighted by Crippen LogP contribution is -2.44. The first-order valence-electron chi connectivity index (χ1n) is 28.3. The first kappa shape index (κ1) is 54.0. The van der Waals surface area contributed by atoms with Crippen LogP contribution in [0, 0.1) is 0 Å². The smallest absolute Gasteiger partial charge is 0.251 e. The number of rotatable bonds is 38. The van der Waals surface area contributed by atoms with Gasteiger partial charge in [-0.25, -0.2) is 0 Å². The van der Waals surface area contributed by atoms with E-state index in [1.54, 1.807) is 0 Å². The van der Waals surface area contributed by atoms with Gasteiger partial charge < -0.3 is 10.6 Å². The topological polar surface area (TPSA) is 58.2 Å². The lowest BCUT2D eigenvalue weighted by molar-refractivity contribution is -0.122. The van der Waals surface area contributed by atoms with Gasteiger partial charge in [0.25, 0.3) is 5.91 Å². The molecule has 1 unspecified atom stereocenters. The van der Waals surface area contributed by atoms with Gasteiger partial charge in [-0.15, -0.1) is 0 Å². The van der Waals surface area contributed by atoms with E-state index >= 15 is 0 Å². The Kier molecular flexibility index (Phi) is 25.8. The van der Waals surface area contributed by atoms with Crippen molar-refractivity contribution in [3.8, 4) is 0 Å². The number of benzene rings is 5. The molecule has 2 N–H and O–H groups in total. The molecule has 0 saturated heterocycles. The number of unbranched alkanes of at least 4 members (excludes halogenated alkanes) is 27. The first-order chi connectivity index (χ1) is 32.9. The number of aryl methyl sites for hydroxylation is 2. The van der Waals surface area contributed by atoms with Crippen molar-refractivity contribution in [3.05, 3.63) is 94.5 Å². The Labute approximate surface area is 409 Å². The van der Waals surface area contributed by atoms with Crippen LogP contribution in [0.15, 0.2) is 66.7 Å². The molecule has 2 amide bonds. The van der Waals surface area contributed by atoms with Crippen LogP contribution in [0.5, 0.6) is 0 Å². The highest BCUT2D eigenvalue weighted by atomic mass is 16.2. The highest BCUT2D eigenvalue weighted by Crippen LogP contribution is 2.36. The zero-order valence-electron chi connectivity index (χ0n) is 43.3. The Morgan fingerprint density at radius 3 is 1.28 bits per heavy atom. The van der Waals surface area contributed by atoms with Crippen LogP contribution in [0.2, 0.25) is 0 Å². The molecule has 4 nitrogen and oxygen atoms in total. The van der Waals surface area contributed by atoms with Crippen molar-refractivity contribution >= 4 is 44.1 Å². The summed E-state index contributed by atoms with van der Waals surface area (Å²) in [4.78, 5) is 28.0. The molecule has 5 aromatic carbocycles. The zero-order valence-corrected chi connectivity index (χ0v) is 43.3. The van der Waals surface area contributed by atoms with Gasteiger partial charge in [0.15, 0.2) is 0 Å². The average Bonchev–Trinajstić information content (AvgIpc) is 3.34. The summed E-state index contributed by atoms with van der Waals surface area (Å²) in [6.07, 6.45) is 43.1. The quantitative estimate of drug-likeness (QED) is 0.0306. The fraction of sp³-hybridized carbons (Fsp3) is 0.619. The van der Waals surface area contributed by atoms with E-state index < -0.39 is 6.04 Å². The summed E-state index contributed by atoms with van der Waals surface area (Å²) in [6, 6.07) is 23.3. The Balaban J connectivity index is 1.24. The van der Waals surface area contributed by atoms with Gasteiger partial charge in [0.1, 0.15) is 6.04 Å². The highest BCUT2D eigenvalue weighted by Gasteiger charge is 2.20. The number of amides is 2. The molecule has 368 valence electrons. The third kappa shape index (κ3) is 18.5. The fourth-order valence-corrected chi connectivity index (χ4v) is 10.7. The average molecular weight is 911 g/mol. The fourth-order valence-electron chi connectivity index (χ4n) is 10.7. The first-order valence-corrected chi connectivity index (χ1v) is 28.3. The zero-order chi connectivity index (χ0) is 47.3. The van der Waals surface area contributed by atoms with Gasteiger partial charge in [-0.2, -0.15) is 0 Å². The Bertz CT molecular complexity index is 2070. The highest BCUT2D eigenvalue weighted by molar-refractivity contribution is 6.23. The van der Waals surface area contributed by atoms with Crippen LogP contribution in [0.1, 0.15) is 253 Å². The summed E-state index contributed by atoms with van der Waals surface area (Å²) in [5.41, 5.74) is 6.11. The maximum atomic E-state index is 14.3. The number of hydrogen-bond acceptors (Lipinski definition) is 2. The van der Waals surface area contributed by atoms with E-state index in [9.17, 15) is 9.59 Å². The molecule has 0 aliphatic rings. The molecular formula is C63H94N2O2. The van der Waals surface area contributed by atoms with Crippen molar-refractivity contribution in [2.24, 2.45) is 0 Å². The minimum atomic E-state index is -0.658. The van der Waals surface area contributed by atoms with E-state index in [0.717, 1.165) is 30.4 Å². The third-order valence-electron chi connectivity index (χ3n) is 14.9. The van der Waals surface area contributed by atoms with Crippen LogP contribution in [-0.2, 0) is 30.6 Å². The minimum absolute atomic E-state index is 0.135. The molecule has 0 fully saturated rings. The van der Waals surface area contributed by atoms with Crippen molar-refractivity contribution in [3.63, 3.8) is 0 Å². The Morgan fingerprint density at radius 2 is 0.821 bits per heavy atom. The largest absolute Gasteiger partial charge is 0.350 e.